The summed E-state index contributed by atoms with van der Waals surface area (Å²) in [6.07, 6.45) is 3.34. The number of Topliss-reactive ketones (excluding diaryl/α,β-unsaturated/α-hetero) is 1. The molecule has 0 saturated carbocycles. The molecule has 0 amide bonds. The van der Waals surface area contributed by atoms with E-state index in [1.165, 1.54) is 13.3 Å². The highest BCUT2D eigenvalue weighted by molar-refractivity contribution is 6.03. The topological polar surface area (TPSA) is 38.7 Å². The van der Waals surface area contributed by atoms with Crippen LogP contribution in [0.4, 0.5) is 0 Å². The van der Waals surface area contributed by atoms with E-state index < -0.39 is 0 Å². The van der Waals surface area contributed by atoms with Gasteiger partial charge in [-0.05, 0) is 0 Å². The molecule has 0 aliphatic carbocycles. The van der Waals surface area contributed by atoms with E-state index in [2.05, 4.69) is 4.99 Å². The first kappa shape index (κ1) is 6.01. The highest BCUT2D eigenvalue weighted by Gasteiger charge is 2.09. The molecular formula is C6H7NO2. The molecule has 0 aromatic rings. The molecule has 9 heavy (non-hydrogen) atoms. The first-order valence-corrected chi connectivity index (χ1v) is 2.63. The van der Waals surface area contributed by atoms with Crippen molar-refractivity contribution in [2.24, 2.45) is 4.99 Å². The number of carbonyl (C=O) groups excluding carboxylic acids is 1. The lowest BCUT2D eigenvalue weighted by Crippen LogP contribution is -2.07. The van der Waals surface area contributed by atoms with Gasteiger partial charge in [-0.3, -0.25) is 9.79 Å². The van der Waals surface area contributed by atoms with Gasteiger partial charge in [-0.25, -0.2) is 0 Å². The van der Waals surface area contributed by atoms with Gasteiger partial charge in [0, 0.05) is 12.6 Å². The average molecular weight is 125 g/mol. The Kier molecular flexibility index (Phi) is 1.63. The molecule has 0 radical (unpaired) electrons. The fourth-order valence-corrected chi connectivity index (χ4v) is 0.595. The van der Waals surface area contributed by atoms with Crippen LogP contribution in [-0.4, -0.2) is 19.1 Å². The van der Waals surface area contributed by atoms with Crippen LogP contribution < -0.4 is 0 Å². The molecule has 0 saturated heterocycles. The molecule has 1 heterocycles. The van der Waals surface area contributed by atoms with Crippen molar-refractivity contribution < 1.29 is 9.53 Å². The zero-order valence-electron chi connectivity index (χ0n) is 5.13. The lowest BCUT2D eigenvalue weighted by atomic mass is 10.2. The van der Waals surface area contributed by atoms with E-state index in [0.717, 1.165) is 0 Å². The van der Waals surface area contributed by atoms with Crippen LogP contribution in [0.3, 0.4) is 0 Å². The van der Waals surface area contributed by atoms with Crippen molar-refractivity contribution in [2.75, 3.05) is 7.11 Å². The Morgan fingerprint density at radius 2 is 2.56 bits per heavy atom. The molecule has 3 heteroatoms. The number of hydrogen-bond acceptors (Lipinski definition) is 3. The molecule has 0 fully saturated rings. The Labute approximate surface area is 53.0 Å². The second-order valence-electron chi connectivity index (χ2n) is 1.66. The van der Waals surface area contributed by atoms with Gasteiger partial charge < -0.3 is 4.74 Å². The van der Waals surface area contributed by atoms with Gasteiger partial charge in [-0.1, -0.05) is 0 Å². The summed E-state index contributed by atoms with van der Waals surface area (Å²) in [5, 5.41) is 0. The van der Waals surface area contributed by atoms with Gasteiger partial charge >= 0.3 is 0 Å². The second-order valence-corrected chi connectivity index (χ2v) is 1.66. The van der Waals surface area contributed by atoms with E-state index >= 15 is 0 Å². The lowest BCUT2D eigenvalue weighted by Gasteiger charge is -2.03. The Morgan fingerprint density at radius 3 is 3.00 bits per heavy atom. The third-order valence-electron chi connectivity index (χ3n) is 1.07. The smallest absolute Gasteiger partial charge is 0.204 e. The Morgan fingerprint density at radius 1 is 1.78 bits per heavy atom. The van der Waals surface area contributed by atoms with E-state index in [1.54, 1.807) is 6.21 Å². The maximum Gasteiger partial charge on any atom is 0.204 e. The molecule has 48 valence electrons. The highest BCUT2D eigenvalue weighted by atomic mass is 16.5. The fraction of sp³-hybridized carbons (Fsp3) is 0.333. The predicted molar refractivity (Wildman–Crippen MR) is 33.2 cm³/mol. The quantitative estimate of drug-likeness (QED) is 0.512. The van der Waals surface area contributed by atoms with E-state index in [-0.39, 0.29) is 5.78 Å². The second kappa shape index (κ2) is 2.44. The summed E-state index contributed by atoms with van der Waals surface area (Å²) in [6.45, 7) is 0. The van der Waals surface area contributed by atoms with E-state index in [4.69, 9.17) is 4.74 Å². The lowest BCUT2D eigenvalue weighted by molar-refractivity contribution is -0.117. The van der Waals surface area contributed by atoms with Crippen molar-refractivity contribution in [3.8, 4) is 0 Å². The monoisotopic (exact) mass is 125 g/mol. The van der Waals surface area contributed by atoms with Gasteiger partial charge in [-0.2, -0.15) is 0 Å². The van der Waals surface area contributed by atoms with Crippen LogP contribution in [0.2, 0.25) is 0 Å². The summed E-state index contributed by atoms with van der Waals surface area (Å²) in [4.78, 5) is 14.5. The van der Waals surface area contributed by atoms with Gasteiger partial charge in [0.1, 0.15) is 0 Å². The number of methoxy groups -OCH3 is 1. The van der Waals surface area contributed by atoms with Gasteiger partial charge in [0.2, 0.25) is 5.78 Å². The summed E-state index contributed by atoms with van der Waals surface area (Å²) in [5.74, 6) is 0.338. The van der Waals surface area contributed by atoms with Gasteiger partial charge in [-0.15, -0.1) is 0 Å². The molecular weight excluding hydrogens is 118 g/mol. The van der Waals surface area contributed by atoms with Crippen LogP contribution in [0, 0.1) is 0 Å². The molecule has 0 spiro atoms. The van der Waals surface area contributed by atoms with Crippen molar-refractivity contribution in [1.82, 2.24) is 0 Å². The number of allylic oxidation sites excluding steroid dienone is 1. The van der Waals surface area contributed by atoms with Crippen molar-refractivity contribution in [2.45, 2.75) is 6.42 Å². The molecule has 0 unspecified atom stereocenters. The molecule has 0 bridgehead atoms. The minimum absolute atomic E-state index is 0.00694. The Balaban J connectivity index is 2.74. The zero-order chi connectivity index (χ0) is 6.69. The standard InChI is InChI=1S/C6H7NO2/c1-9-6-4-7-3-2-5(6)8/h3-4H,2H2,1H3. The highest BCUT2D eigenvalue weighted by Crippen LogP contribution is 2.03. The van der Waals surface area contributed by atoms with Crippen molar-refractivity contribution in [3.05, 3.63) is 12.0 Å². The van der Waals surface area contributed by atoms with Crippen LogP contribution in [0.1, 0.15) is 6.42 Å². The van der Waals surface area contributed by atoms with E-state index in [1.807, 2.05) is 0 Å². The van der Waals surface area contributed by atoms with Gasteiger partial charge in [0.15, 0.2) is 5.76 Å². The van der Waals surface area contributed by atoms with Crippen LogP contribution in [0.15, 0.2) is 17.0 Å². The Bertz CT molecular complexity index is 181. The van der Waals surface area contributed by atoms with E-state index in [9.17, 15) is 4.79 Å². The number of aliphatic imine (C=N–C) groups is 1. The SMILES string of the molecule is COC1=CN=CCC1=O. The number of nitrogens with zero attached hydrogens (tertiary/aromatic N) is 1. The van der Waals surface area contributed by atoms with Crippen molar-refractivity contribution >= 4 is 12.0 Å². The average Bonchev–Trinajstić information content (AvgIpc) is 1.89. The van der Waals surface area contributed by atoms with Crippen LogP contribution in [-0.2, 0) is 9.53 Å². The molecule has 1 aliphatic rings. The minimum atomic E-state index is -0.00694. The number of carbonyl (C=O) groups is 1. The summed E-state index contributed by atoms with van der Waals surface area (Å²) in [6, 6.07) is 0. The first-order chi connectivity index (χ1) is 4.34. The number of rotatable bonds is 1. The fourth-order valence-electron chi connectivity index (χ4n) is 0.595. The van der Waals surface area contributed by atoms with Crippen molar-refractivity contribution in [3.63, 3.8) is 0 Å². The van der Waals surface area contributed by atoms with Crippen molar-refractivity contribution in [1.29, 1.82) is 0 Å². The third-order valence-corrected chi connectivity index (χ3v) is 1.07. The normalized spacial score (nSPS) is 17.4. The molecule has 0 N–H and O–H groups in total. The molecule has 0 aromatic carbocycles. The number of ether oxygens (including phenoxy) is 1. The maximum atomic E-state index is 10.7. The van der Waals surface area contributed by atoms with E-state index in [0.29, 0.717) is 12.2 Å². The predicted octanol–water partition coefficient (Wildman–Crippen LogP) is 0.518. The summed E-state index contributed by atoms with van der Waals surface area (Å²) in [5.41, 5.74) is 0. The zero-order valence-corrected chi connectivity index (χ0v) is 5.13. The minimum Gasteiger partial charge on any atom is -0.491 e. The number of hydrogen-bond donors (Lipinski definition) is 0. The first-order valence-electron chi connectivity index (χ1n) is 2.63. The summed E-state index contributed by atoms with van der Waals surface area (Å²) < 4.78 is 4.70. The van der Waals surface area contributed by atoms with Crippen LogP contribution in [0.5, 0.6) is 0 Å². The Hall–Kier alpha value is -1.12. The summed E-state index contributed by atoms with van der Waals surface area (Å²) >= 11 is 0. The largest absolute Gasteiger partial charge is 0.491 e. The van der Waals surface area contributed by atoms with Gasteiger partial charge in [0.25, 0.3) is 0 Å². The van der Waals surface area contributed by atoms with Crippen LogP contribution >= 0.6 is 0 Å². The summed E-state index contributed by atoms with van der Waals surface area (Å²) in [7, 11) is 1.46. The molecule has 0 atom stereocenters. The molecule has 1 rings (SSSR count). The van der Waals surface area contributed by atoms with Crippen LogP contribution in [0.25, 0.3) is 0 Å². The maximum absolute atomic E-state index is 10.7. The molecule has 1 aliphatic heterocycles. The molecule has 3 nitrogen and oxygen atoms in total. The number of ketones is 1. The molecule has 0 aromatic heterocycles. The van der Waals surface area contributed by atoms with Gasteiger partial charge in [0.05, 0.1) is 13.3 Å². The third kappa shape index (κ3) is 1.16.